The summed E-state index contributed by atoms with van der Waals surface area (Å²) in [5.41, 5.74) is 1.64. The number of rotatable bonds is 8. The summed E-state index contributed by atoms with van der Waals surface area (Å²) in [7, 11) is 0. The summed E-state index contributed by atoms with van der Waals surface area (Å²) in [5.74, 6) is -0.374. The number of pyridine rings is 1. The SMILES string of the molecule is CCN(CC)CCNC(=O)c1ccc(NC(=O)c2cncc(Br)c2)cc1. The lowest BCUT2D eigenvalue weighted by Crippen LogP contribution is -2.34. The van der Waals surface area contributed by atoms with Crippen LogP contribution in [0.2, 0.25) is 0 Å². The second kappa shape index (κ2) is 10.0. The third-order valence-electron chi connectivity index (χ3n) is 3.98. The molecule has 0 aliphatic rings. The molecule has 0 atom stereocenters. The van der Waals surface area contributed by atoms with Gasteiger partial charge in [0.05, 0.1) is 5.56 Å². The molecular formula is C19H23BrN4O2. The predicted molar refractivity (Wildman–Crippen MR) is 106 cm³/mol. The lowest BCUT2D eigenvalue weighted by molar-refractivity contribution is 0.0948. The third-order valence-corrected chi connectivity index (χ3v) is 4.41. The molecule has 1 aromatic heterocycles. The van der Waals surface area contributed by atoms with Crippen LogP contribution in [0.5, 0.6) is 0 Å². The highest BCUT2D eigenvalue weighted by molar-refractivity contribution is 9.10. The van der Waals surface area contributed by atoms with Gasteiger partial charge in [-0.25, -0.2) is 0 Å². The number of likely N-dealkylation sites (N-methyl/N-ethyl adjacent to an activating group) is 1. The zero-order valence-corrected chi connectivity index (χ0v) is 16.5. The summed E-state index contributed by atoms with van der Waals surface area (Å²) in [6.45, 7) is 7.57. The van der Waals surface area contributed by atoms with Gasteiger partial charge in [0.25, 0.3) is 11.8 Å². The number of benzene rings is 1. The van der Waals surface area contributed by atoms with Crippen LogP contribution in [-0.2, 0) is 0 Å². The first kappa shape index (κ1) is 20.1. The fourth-order valence-electron chi connectivity index (χ4n) is 2.41. The lowest BCUT2D eigenvalue weighted by atomic mass is 10.2. The van der Waals surface area contributed by atoms with Crippen molar-refractivity contribution in [3.8, 4) is 0 Å². The first-order valence-electron chi connectivity index (χ1n) is 8.56. The van der Waals surface area contributed by atoms with Gasteiger partial charge in [-0.05, 0) is 59.4 Å². The van der Waals surface area contributed by atoms with Crippen molar-refractivity contribution < 1.29 is 9.59 Å². The Kier molecular flexibility index (Phi) is 7.74. The molecule has 138 valence electrons. The molecule has 26 heavy (non-hydrogen) atoms. The molecule has 0 saturated heterocycles. The monoisotopic (exact) mass is 418 g/mol. The van der Waals surface area contributed by atoms with Crippen LogP contribution in [-0.4, -0.2) is 47.9 Å². The number of carbonyl (C=O) groups excluding carboxylic acids is 2. The molecule has 2 aromatic rings. The quantitative estimate of drug-likeness (QED) is 0.690. The van der Waals surface area contributed by atoms with E-state index in [0.717, 1.165) is 24.1 Å². The van der Waals surface area contributed by atoms with Gasteiger partial charge in [-0.3, -0.25) is 14.6 Å². The van der Waals surface area contributed by atoms with Crippen molar-refractivity contribution in [3.63, 3.8) is 0 Å². The fraction of sp³-hybridized carbons (Fsp3) is 0.316. The van der Waals surface area contributed by atoms with E-state index in [9.17, 15) is 9.59 Å². The van der Waals surface area contributed by atoms with E-state index in [1.54, 1.807) is 36.5 Å². The van der Waals surface area contributed by atoms with Gasteiger partial charge in [-0.15, -0.1) is 0 Å². The fourth-order valence-corrected chi connectivity index (χ4v) is 2.78. The third kappa shape index (κ3) is 5.93. The number of halogens is 1. The second-order valence-electron chi connectivity index (χ2n) is 5.71. The van der Waals surface area contributed by atoms with Crippen LogP contribution < -0.4 is 10.6 Å². The van der Waals surface area contributed by atoms with Crippen molar-refractivity contribution in [3.05, 3.63) is 58.3 Å². The normalized spacial score (nSPS) is 10.6. The first-order chi connectivity index (χ1) is 12.5. The zero-order chi connectivity index (χ0) is 18.9. The van der Waals surface area contributed by atoms with E-state index < -0.39 is 0 Å². The van der Waals surface area contributed by atoms with Gasteiger partial charge in [0.1, 0.15) is 0 Å². The summed E-state index contributed by atoms with van der Waals surface area (Å²) >= 11 is 3.29. The van der Waals surface area contributed by atoms with E-state index in [0.29, 0.717) is 23.4 Å². The van der Waals surface area contributed by atoms with E-state index >= 15 is 0 Å². The first-order valence-corrected chi connectivity index (χ1v) is 9.35. The van der Waals surface area contributed by atoms with Crippen LogP contribution in [0, 0.1) is 0 Å². The second-order valence-corrected chi connectivity index (χ2v) is 6.62. The van der Waals surface area contributed by atoms with Crippen molar-refractivity contribution in [2.75, 3.05) is 31.5 Å². The number of hydrogen-bond acceptors (Lipinski definition) is 4. The minimum atomic E-state index is -0.254. The van der Waals surface area contributed by atoms with Gasteiger partial charge < -0.3 is 15.5 Å². The molecule has 0 radical (unpaired) electrons. The maximum Gasteiger partial charge on any atom is 0.257 e. The van der Waals surface area contributed by atoms with Crippen LogP contribution in [0.3, 0.4) is 0 Å². The smallest absolute Gasteiger partial charge is 0.257 e. The zero-order valence-electron chi connectivity index (χ0n) is 15.0. The summed E-state index contributed by atoms with van der Waals surface area (Å²) < 4.78 is 0.738. The molecule has 0 aliphatic carbocycles. The minimum Gasteiger partial charge on any atom is -0.351 e. The number of amides is 2. The summed E-state index contributed by atoms with van der Waals surface area (Å²) in [6, 6.07) is 8.51. The van der Waals surface area contributed by atoms with E-state index in [2.05, 4.69) is 50.3 Å². The molecular weight excluding hydrogens is 396 g/mol. The van der Waals surface area contributed by atoms with Gasteiger partial charge in [0, 0.05) is 41.2 Å². The summed E-state index contributed by atoms with van der Waals surface area (Å²) in [5, 5.41) is 5.70. The molecule has 2 rings (SSSR count). The van der Waals surface area contributed by atoms with Crippen LogP contribution >= 0.6 is 15.9 Å². The van der Waals surface area contributed by atoms with Crippen molar-refractivity contribution in [2.45, 2.75) is 13.8 Å². The standard InChI is InChI=1S/C19H23BrN4O2/c1-3-24(4-2)10-9-22-18(25)14-5-7-17(8-6-14)23-19(26)15-11-16(20)13-21-12-15/h5-8,11-13H,3-4,9-10H2,1-2H3,(H,22,25)(H,23,26). The van der Waals surface area contributed by atoms with Crippen LogP contribution in [0.1, 0.15) is 34.6 Å². The van der Waals surface area contributed by atoms with Crippen LogP contribution in [0.15, 0.2) is 47.2 Å². The van der Waals surface area contributed by atoms with E-state index in [1.165, 1.54) is 6.20 Å². The Morgan fingerprint density at radius 2 is 1.73 bits per heavy atom. The molecule has 0 unspecified atom stereocenters. The molecule has 6 nitrogen and oxygen atoms in total. The number of nitrogens with one attached hydrogen (secondary N) is 2. The lowest BCUT2D eigenvalue weighted by Gasteiger charge is -2.18. The molecule has 0 fully saturated rings. The van der Waals surface area contributed by atoms with Crippen molar-refractivity contribution >= 4 is 33.4 Å². The molecule has 0 saturated carbocycles. The Hall–Kier alpha value is -2.25. The summed E-state index contributed by atoms with van der Waals surface area (Å²) in [6.07, 6.45) is 3.11. The van der Waals surface area contributed by atoms with Crippen LogP contribution in [0.4, 0.5) is 5.69 Å². The topological polar surface area (TPSA) is 74.3 Å². The maximum atomic E-state index is 12.2. The number of aromatic nitrogens is 1. The molecule has 1 heterocycles. The Balaban J connectivity index is 1.89. The molecule has 0 aliphatic heterocycles. The van der Waals surface area contributed by atoms with Crippen LogP contribution in [0.25, 0.3) is 0 Å². The summed E-state index contributed by atoms with van der Waals surface area (Å²) in [4.78, 5) is 30.6. The Labute approximate surface area is 162 Å². The molecule has 0 bridgehead atoms. The number of hydrogen-bond donors (Lipinski definition) is 2. The number of carbonyl (C=O) groups is 2. The Bertz CT molecular complexity index is 745. The highest BCUT2D eigenvalue weighted by atomic mass is 79.9. The average molecular weight is 419 g/mol. The Morgan fingerprint density at radius 1 is 1.04 bits per heavy atom. The van der Waals surface area contributed by atoms with E-state index in [4.69, 9.17) is 0 Å². The Morgan fingerprint density at radius 3 is 2.35 bits per heavy atom. The van der Waals surface area contributed by atoms with Crippen molar-refractivity contribution in [1.82, 2.24) is 15.2 Å². The van der Waals surface area contributed by atoms with Gasteiger partial charge in [-0.1, -0.05) is 13.8 Å². The maximum absolute atomic E-state index is 12.2. The van der Waals surface area contributed by atoms with Crippen molar-refractivity contribution in [2.24, 2.45) is 0 Å². The highest BCUT2D eigenvalue weighted by Crippen LogP contribution is 2.14. The molecule has 2 N–H and O–H groups in total. The largest absolute Gasteiger partial charge is 0.351 e. The van der Waals surface area contributed by atoms with Gasteiger partial charge in [0.15, 0.2) is 0 Å². The number of nitrogens with zero attached hydrogens (tertiary/aromatic N) is 2. The average Bonchev–Trinajstić information content (AvgIpc) is 2.65. The van der Waals surface area contributed by atoms with Gasteiger partial charge in [0.2, 0.25) is 0 Å². The van der Waals surface area contributed by atoms with Gasteiger partial charge >= 0.3 is 0 Å². The van der Waals surface area contributed by atoms with E-state index in [-0.39, 0.29) is 11.8 Å². The highest BCUT2D eigenvalue weighted by Gasteiger charge is 2.09. The van der Waals surface area contributed by atoms with Gasteiger partial charge in [-0.2, -0.15) is 0 Å². The minimum absolute atomic E-state index is 0.119. The van der Waals surface area contributed by atoms with E-state index in [1.807, 2.05) is 0 Å². The number of anilines is 1. The molecule has 2 amide bonds. The van der Waals surface area contributed by atoms with Crippen molar-refractivity contribution in [1.29, 1.82) is 0 Å². The predicted octanol–water partition coefficient (Wildman–Crippen LogP) is 3.17. The molecule has 1 aromatic carbocycles. The molecule has 7 heteroatoms. The molecule has 0 spiro atoms.